The molecule has 8 heteroatoms. The van der Waals surface area contributed by atoms with Gasteiger partial charge in [0.1, 0.15) is 0 Å². The smallest absolute Gasteiger partial charge is 0.200 e. The van der Waals surface area contributed by atoms with Crippen LogP contribution in [0.3, 0.4) is 0 Å². The molecular formula is C11H12F5NO2. The minimum absolute atomic E-state index is 0.0694. The summed E-state index contributed by atoms with van der Waals surface area (Å²) in [6.45, 7) is -1.50. The Morgan fingerprint density at radius 2 is 1.05 bits per heavy atom. The van der Waals surface area contributed by atoms with Gasteiger partial charge in [0.15, 0.2) is 23.3 Å². The summed E-state index contributed by atoms with van der Waals surface area (Å²) >= 11 is 0. The number of hydrogen-bond acceptors (Lipinski definition) is 3. The average molecular weight is 285 g/mol. The number of nitrogens with zero attached hydrogens (tertiary/aromatic N) is 1. The second-order valence-electron chi connectivity index (χ2n) is 3.77. The molecule has 0 atom stereocenters. The Morgan fingerprint density at radius 3 is 1.42 bits per heavy atom. The van der Waals surface area contributed by atoms with Gasteiger partial charge in [-0.3, -0.25) is 4.90 Å². The lowest BCUT2D eigenvalue weighted by molar-refractivity contribution is 0.152. The SMILES string of the molecule is OCCN(CCO)Cc1c(F)c(F)c(F)c(F)c1F. The number of benzene rings is 1. The van der Waals surface area contributed by atoms with Crippen LogP contribution in [0.5, 0.6) is 0 Å². The average Bonchev–Trinajstić information content (AvgIpc) is 2.39. The molecule has 19 heavy (non-hydrogen) atoms. The molecule has 0 radical (unpaired) electrons. The Morgan fingerprint density at radius 1 is 0.684 bits per heavy atom. The quantitative estimate of drug-likeness (QED) is 0.468. The van der Waals surface area contributed by atoms with E-state index in [0.717, 1.165) is 4.90 Å². The van der Waals surface area contributed by atoms with E-state index in [-0.39, 0.29) is 26.3 Å². The zero-order chi connectivity index (χ0) is 14.6. The van der Waals surface area contributed by atoms with Gasteiger partial charge in [-0.25, -0.2) is 22.0 Å². The zero-order valence-electron chi connectivity index (χ0n) is 9.77. The first-order valence-corrected chi connectivity index (χ1v) is 5.38. The van der Waals surface area contributed by atoms with Crippen LogP contribution >= 0.6 is 0 Å². The molecule has 0 unspecified atom stereocenters. The largest absolute Gasteiger partial charge is 0.395 e. The normalized spacial score (nSPS) is 11.4. The van der Waals surface area contributed by atoms with Crippen LogP contribution in [0.2, 0.25) is 0 Å². The molecule has 0 aliphatic heterocycles. The molecule has 0 aromatic heterocycles. The standard InChI is InChI=1S/C11H12F5NO2/c12-7-6(5-17(1-3-18)2-4-19)8(13)10(15)11(16)9(7)14/h18-19H,1-5H2. The van der Waals surface area contributed by atoms with Crippen molar-refractivity contribution in [1.82, 2.24) is 4.90 Å². The predicted octanol–water partition coefficient (Wildman–Crippen LogP) is 1.17. The van der Waals surface area contributed by atoms with E-state index in [1.807, 2.05) is 0 Å². The molecular weight excluding hydrogens is 273 g/mol. The molecule has 0 bridgehead atoms. The van der Waals surface area contributed by atoms with Gasteiger partial charge in [-0.2, -0.15) is 0 Å². The van der Waals surface area contributed by atoms with Crippen molar-refractivity contribution in [2.75, 3.05) is 26.3 Å². The van der Waals surface area contributed by atoms with Crippen molar-refractivity contribution in [2.45, 2.75) is 6.54 Å². The maximum absolute atomic E-state index is 13.4. The van der Waals surface area contributed by atoms with Gasteiger partial charge in [-0.15, -0.1) is 0 Å². The summed E-state index contributed by atoms with van der Waals surface area (Å²) in [7, 11) is 0. The Balaban J connectivity index is 3.12. The van der Waals surface area contributed by atoms with E-state index in [2.05, 4.69) is 0 Å². The van der Waals surface area contributed by atoms with Crippen LogP contribution in [0.4, 0.5) is 22.0 Å². The molecule has 0 saturated heterocycles. The minimum Gasteiger partial charge on any atom is -0.395 e. The van der Waals surface area contributed by atoms with Crippen molar-refractivity contribution in [2.24, 2.45) is 0 Å². The molecule has 1 aromatic rings. The molecule has 0 aliphatic carbocycles. The molecule has 3 nitrogen and oxygen atoms in total. The summed E-state index contributed by atoms with van der Waals surface area (Å²) in [5, 5.41) is 17.4. The molecule has 2 N–H and O–H groups in total. The van der Waals surface area contributed by atoms with Gasteiger partial charge >= 0.3 is 0 Å². The summed E-state index contributed by atoms with van der Waals surface area (Å²) in [5.41, 5.74) is -0.988. The number of halogens is 5. The van der Waals surface area contributed by atoms with Crippen LogP contribution in [0, 0.1) is 29.1 Å². The van der Waals surface area contributed by atoms with Crippen molar-refractivity contribution < 1.29 is 32.2 Å². The predicted molar refractivity (Wildman–Crippen MR) is 55.7 cm³/mol. The van der Waals surface area contributed by atoms with Crippen molar-refractivity contribution in [3.05, 3.63) is 34.6 Å². The third-order valence-electron chi connectivity index (χ3n) is 2.51. The van der Waals surface area contributed by atoms with Crippen molar-refractivity contribution in [3.8, 4) is 0 Å². The Hall–Kier alpha value is -1.25. The van der Waals surface area contributed by atoms with E-state index in [9.17, 15) is 22.0 Å². The van der Waals surface area contributed by atoms with E-state index in [4.69, 9.17) is 10.2 Å². The molecule has 0 amide bonds. The van der Waals surface area contributed by atoms with Gasteiger partial charge in [0.25, 0.3) is 0 Å². The maximum atomic E-state index is 13.4. The van der Waals surface area contributed by atoms with E-state index in [0.29, 0.717) is 0 Å². The highest BCUT2D eigenvalue weighted by Crippen LogP contribution is 2.24. The van der Waals surface area contributed by atoms with Crippen LogP contribution in [0.1, 0.15) is 5.56 Å². The molecule has 0 spiro atoms. The minimum atomic E-state index is -2.21. The third-order valence-corrected chi connectivity index (χ3v) is 2.51. The summed E-state index contributed by atoms with van der Waals surface area (Å²) in [6, 6.07) is 0. The maximum Gasteiger partial charge on any atom is 0.200 e. The summed E-state index contributed by atoms with van der Waals surface area (Å²) in [6.07, 6.45) is 0. The molecule has 0 aliphatic rings. The summed E-state index contributed by atoms with van der Waals surface area (Å²) < 4.78 is 65.4. The monoisotopic (exact) mass is 285 g/mol. The van der Waals surface area contributed by atoms with Crippen molar-refractivity contribution in [3.63, 3.8) is 0 Å². The van der Waals surface area contributed by atoms with Gasteiger partial charge in [0, 0.05) is 25.2 Å². The number of rotatable bonds is 6. The van der Waals surface area contributed by atoms with Crippen molar-refractivity contribution >= 4 is 0 Å². The first kappa shape index (κ1) is 15.8. The molecule has 0 heterocycles. The van der Waals surface area contributed by atoms with Crippen LogP contribution < -0.4 is 0 Å². The van der Waals surface area contributed by atoms with Crippen molar-refractivity contribution in [1.29, 1.82) is 0 Å². The molecule has 108 valence electrons. The fraction of sp³-hybridized carbons (Fsp3) is 0.455. The fourth-order valence-electron chi connectivity index (χ4n) is 1.57. The van der Waals surface area contributed by atoms with E-state index in [1.165, 1.54) is 0 Å². The second-order valence-corrected chi connectivity index (χ2v) is 3.77. The fourth-order valence-corrected chi connectivity index (χ4v) is 1.57. The highest BCUT2D eigenvalue weighted by atomic mass is 19.2. The number of hydrogen-bond donors (Lipinski definition) is 2. The summed E-state index contributed by atoms with van der Waals surface area (Å²) in [4.78, 5) is 1.16. The topological polar surface area (TPSA) is 43.7 Å². The highest BCUT2D eigenvalue weighted by Gasteiger charge is 2.26. The summed E-state index contributed by atoms with van der Waals surface area (Å²) in [5.74, 6) is -10.0. The first-order chi connectivity index (χ1) is 8.93. The van der Waals surface area contributed by atoms with Gasteiger partial charge in [-0.1, -0.05) is 0 Å². The van der Waals surface area contributed by atoms with Gasteiger partial charge in [-0.05, 0) is 0 Å². The first-order valence-electron chi connectivity index (χ1n) is 5.38. The molecule has 1 aromatic carbocycles. The van der Waals surface area contributed by atoms with Gasteiger partial charge in [0.05, 0.1) is 13.2 Å². The van der Waals surface area contributed by atoms with Gasteiger partial charge in [0.2, 0.25) is 5.82 Å². The van der Waals surface area contributed by atoms with Crippen LogP contribution in [0.25, 0.3) is 0 Å². The Labute approximate surface area is 105 Å². The Bertz CT molecular complexity index is 420. The van der Waals surface area contributed by atoms with E-state index in [1.54, 1.807) is 0 Å². The molecule has 0 fully saturated rings. The third kappa shape index (κ3) is 3.40. The van der Waals surface area contributed by atoms with E-state index < -0.39 is 41.2 Å². The number of aliphatic hydroxyl groups excluding tert-OH is 2. The second kappa shape index (κ2) is 6.78. The lowest BCUT2D eigenvalue weighted by Gasteiger charge is -2.21. The van der Waals surface area contributed by atoms with Crippen LogP contribution in [-0.2, 0) is 6.54 Å². The lowest BCUT2D eigenvalue weighted by Crippen LogP contribution is -2.30. The molecule has 0 saturated carbocycles. The van der Waals surface area contributed by atoms with Crippen LogP contribution in [0.15, 0.2) is 0 Å². The lowest BCUT2D eigenvalue weighted by atomic mass is 10.1. The molecule has 1 rings (SSSR count). The number of aliphatic hydroxyl groups is 2. The van der Waals surface area contributed by atoms with E-state index >= 15 is 0 Å². The highest BCUT2D eigenvalue weighted by molar-refractivity contribution is 5.24. The van der Waals surface area contributed by atoms with Crippen LogP contribution in [-0.4, -0.2) is 41.4 Å². The van der Waals surface area contributed by atoms with Gasteiger partial charge < -0.3 is 10.2 Å². The zero-order valence-corrected chi connectivity index (χ0v) is 9.77. The Kier molecular flexibility index (Phi) is 5.64.